The standard InChI is InChI=1S/C21H35BN4O4/c1-19(2,3)28-18(27)26-11-9-10-16(14-26)25(8)17-23-12-15(13-24-17)22-29-20(4,5)21(6,7)30-22/h12-13,16H,9-11,14H2,1-8H3/t16-/m1/s1. The first-order valence-electron chi connectivity index (χ1n) is 10.7. The van der Waals surface area contributed by atoms with Crippen LogP contribution in [-0.4, -0.2) is 71.1 Å². The fraction of sp³-hybridized carbons (Fsp3) is 0.762. The largest absolute Gasteiger partial charge is 0.498 e. The van der Waals surface area contributed by atoms with E-state index in [4.69, 9.17) is 14.0 Å². The van der Waals surface area contributed by atoms with E-state index < -0.39 is 23.9 Å². The third kappa shape index (κ3) is 4.89. The lowest BCUT2D eigenvalue weighted by atomic mass is 9.81. The molecule has 1 amide bonds. The number of nitrogens with zero attached hydrogens (tertiary/aromatic N) is 4. The van der Waals surface area contributed by atoms with Crippen LogP contribution in [0.3, 0.4) is 0 Å². The molecule has 0 aliphatic carbocycles. The van der Waals surface area contributed by atoms with Crippen molar-refractivity contribution in [3.05, 3.63) is 12.4 Å². The molecule has 2 aliphatic rings. The van der Waals surface area contributed by atoms with Crippen molar-refractivity contribution >= 4 is 24.6 Å². The van der Waals surface area contributed by atoms with Crippen LogP contribution in [0.4, 0.5) is 10.7 Å². The van der Waals surface area contributed by atoms with Crippen LogP contribution in [0.15, 0.2) is 12.4 Å². The minimum absolute atomic E-state index is 0.133. The van der Waals surface area contributed by atoms with Gasteiger partial charge in [0.15, 0.2) is 0 Å². The first-order valence-corrected chi connectivity index (χ1v) is 10.7. The number of piperidine rings is 1. The summed E-state index contributed by atoms with van der Waals surface area (Å²) in [6.07, 6.45) is 5.14. The summed E-state index contributed by atoms with van der Waals surface area (Å²) < 4.78 is 17.7. The third-order valence-corrected chi connectivity index (χ3v) is 6.09. The van der Waals surface area contributed by atoms with Gasteiger partial charge in [0.05, 0.1) is 11.2 Å². The molecule has 1 aromatic heterocycles. The molecule has 2 fully saturated rings. The predicted molar refractivity (Wildman–Crippen MR) is 117 cm³/mol. The average molecular weight is 418 g/mol. The highest BCUT2D eigenvalue weighted by Crippen LogP contribution is 2.36. The molecule has 1 aromatic rings. The lowest BCUT2D eigenvalue weighted by molar-refractivity contribution is 0.00578. The van der Waals surface area contributed by atoms with E-state index >= 15 is 0 Å². The van der Waals surface area contributed by atoms with Crippen LogP contribution >= 0.6 is 0 Å². The third-order valence-electron chi connectivity index (χ3n) is 6.09. The van der Waals surface area contributed by atoms with Crippen LogP contribution in [0.5, 0.6) is 0 Å². The van der Waals surface area contributed by atoms with Crippen molar-refractivity contribution in [2.45, 2.75) is 84.2 Å². The summed E-state index contributed by atoms with van der Waals surface area (Å²) in [6.45, 7) is 15.0. The van der Waals surface area contributed by atoms with Crippen LogP contribution in [-0.2, 0) is 14.0 Å². The van der Waals surface area contributed by atoms with E-state index in [-0.39, 0.29) is 12.1 Å². The number of likely N-dealkylation sites (tertiary alicyclic amines) is 1. The van der Waals surface area contributed by atoms with Gasteiger partial charge in [-0.3, -0.25) is 0 Å². The van der Waals surface area contributed by atoms with E-state index in [2.05, 4.69) is 9.97 Å². The topological polar surface area (TPSA) is 77.0 Å². The van der Waals surface area contributed by atoms with E-state index in [9.17, 15) is 4.79 Å². The second-order valence-corrected chi connectivity index (χ2v) is 10.2. The van der Waals surface area contributed by atoms with Crippen molar-refractivity contribution < 1.29 is 18.8 Å². The summed E-state index contributed by atoms with van der Waals surface area (Å²) in [7, 11) is 1.49. The number of carbonyl (C=O) groups is 1. The Balaban J connectivity index is 1.64. The Bertz CT molecular complexity index is 747. The monoisotopic (exact) mass is 418 g/mol. The van der Waals surface area contributed by atoms with E-state index in [0.717, 1.165) is 18.3 Å². The first kappa shape index (κ1) is 22.8. The second kappa shape index (κ2) is 8.00. The van der Waals surface area contributed by atoms with E-state index in [1.807, 2.05) is 60.4 Å². The number of carbonyl (C=O) groups excluding carboxylic acids is 1. The van der Waals surface area contributed by atoms with E-state index in [0.29, 0.717) is 19.0 Å². The van der Waals surface area contributed by atoms with Gasteiger partial charge in [-0.15, -0.1) is 0 Å². The second-order valence-electron chi connectivity index (χ2n) is 10.2. The van der Waals surface area contributed by atoms with Gasteiger partial charge in [0.25, 0.3) is 0 Å². The molecule has 30 heavy (non-hydrogen) atoms. The van der Waals surface area contributed by atoms with Gasteiger partial charge < -0.3 is 23.8 Å². The maximum Gasteiger partial charge on any atom is 0.498 e. The average Bonchev–Trinajstić information content (AvgIpc) is 2.87. The van der Waals surface area contributed by atoms with Gasteiger partial charge in [-0.25, -0.2) is 14.8 Å². The summed E-state index contributed by atoms with van der Waals surface area (Å²) >= 11 is 0. The van der Waals surface area contributed by atoms with Crippen LogP contribution in [0.25, 0.3) is 0 Å². The molecular weight excluding hydrogens is 383 g/mol. The van der Waals surface area contributed by atoms with Gasteiger partial charge in [-0.2, -0.15) is 0 Å². The number of likely N-dealkylation sites (N-methyl/N-ethyl adjacent to an activating group) is 1. The number of hydrogen-bond acceptors (Lipinski definition) is 7. The Morgan fingerprint density at radius 2 is 1.77 bits per heavy atom. The molecule has 0 bridgehead atoms. The Hall–Kier alpha value is -1.87. The highest BCUT2D eigenvalue weighted by molar-refractivity contribution is 6.61. The molecule has 0 N–H and O–H groups in total. The molecular formula is C21H35BN4O4. The van der Waals surface area contributed by atoms with Crippen molar-refractivity contribution in [1.29, 1.82) is 0 Å². The summed E-state index contributed by atoms with van der Waals surface area (Å²) in [5.74, 6) is 0.617. The molecule has 3 rings (SSSR count). The lowest BCUT2D eigenvalue weighted by Crippen LogP contribution is -2.50. The molecule has 0 aromatic carbocycles. The zero-order chi connectivity index (χ0) is 22.3. The Labute approximate surface area is 180 Å². The minimum Gasteiger partial charge on any atom is -0.444 e. The van der Waals surface area contributed by atoms with Crippen molar-refractivity contribution in [2.24, 2.45) is 0 Å². The van der Waals surface area contributed by atoms with Crippen molar-refractivity contribution in [3.8, 4) is 0 Å². The Kier molecular flexibility index (Phi) is 6.08. The molecule has 2 saturated heterocycles. The number of hydrogen-bond donors (Lipinski definition) is 0. The van der Waals surface area contributed by atoms with Crippen molar-refractivity contribution in [3.63, 3.8) is 0 Å². The summed E-state index contributed by atoms with van der Waals surface area (Å²) in [5, 5.41) is 0. The van der Waals surface area contributed by atoms with Gasteiger partial charge in [-0.1, -0.05) is 0 Å². The lowest BCUT2D eigenvalue weighted by Gasteiger charge is -2.38. The SMILES string of the molecule is CN(c1ncc(B2OC(C)(C)C(C)(C)O2)cn1)[C@@H]1CCCN(C(=O)OC(C)(C)C)C1. The van der Waals surface area contributed by atoms with Gasteiger partial charge in [0.2, 0.25) is 5.95 Å². The highest BCUT2D eigenvalue weighted by atomic mass is 16.7. The molecule has 0 unspecified atom stereocenters. The fourth-order valence-corrected chi connectivity index (χ4v) is 3.54. The molecule has 166 valence electrons. The van der Waals surface area contributed by atoms with Gasteiger partial charge in [-0.05, 0) is 61.3 Å². The highest BCUT2D eigenvalue weighted by Gasteiger charge is 2.52. The number of anilines is 1. The van der Waals surface area contributed by atoms with E-state index in [1.165, 1.54) is 0 Å². The minimum atomic E-state index is -0.498. The molecule has 0 saturated carbocycles. The quantitative estimate of drug-likeness (QED) is 0.699. The van der Waals surface area contributed by atoms with Crippen molar-refractivity contribution in [2.75, 3.05) is 25.0 Å². The molecule has 0 spiro atoms. The van der Waals surface area contributed by atoms with Gasteiger partial charge >= 0.3 is 13.2 Å². The van der Waals surface area contributed by atoms with E-state index in [1.54, 1.807) is 17.3 Å². The predicted octanol–water partition coefficient (Wildman–Crippen LogP) is 2.61. The summed E-state index contributed by atoms with van der Waals surface area (Å²) in [5.41, 5.74) is -0.506. The number of amides is 1. The van der Waals surface area contributed by atoms with Crippen LogP contribution in [0, 0.1) is 0 Å². The summed E-state index contributed by atoms with van der Waals surface area (Å²) in [4.78, 5) is 25.3. The molecule has 8 nitrogen and oxygen atoms in total. The van der Waals surface area contributed by atoms with Gasteiger partial charge in [0.1, 0.15) is 5.60 Å². The fourth-order valence-electron chi connectivity index (χ4n) is 3.54. The molecule has 1 atom stereocenters. The maximum absolute atomic E-state index is 12.4. The first-order chi connectivity index (χ1) is 13.8. The summed E-state index contributed by atoms with van der Waals surface area (Å²) in [6, 6.07) is 0.133. The van der Waals surface area contributed by atoms with Crippen LogP contribution in [0.2, 0.25) is 0 Å². The zero-order valence-corrected chi connectivity index (χ0v) is 19.6. The molecule has 0 radical (unpaired) electrons. The molecule has 2 aliphatic heterocycles. The van der Waals surface area contributed by atoms with Crippen molar-refractivity contribution in [1.82, 2.24) is 14.9 Å². The number of aromatic nitrogens is 2. The maximum atomic E-state index is 12.4. The Morgan fingerprint density at radius 3 is 2.30 bits per heavy atom. The molecule has 9 heteroatoms. The van der Waals surface area contributed by atoms with Crippen LogP contribution in [0.1, 0.15) is 61.3 Å². The smallest absolute Gasteiger partial charge is 0.444 e. The number of ether oxygens (including phenoxy) is 1. The van der Waals surface area contributed by atoms with Crippen LogP contribution < -0.4 is 10.4 Å². The van der Waals surface area contributed by atoms with Gasteiger partial charge in [0, 0.05) is 44.0 Å². The number of rotatable bonds is 3. The zero-order valence-electron chi connectivity index (χ0n) is 19.6. The molecule has 3 heterocycles. The Morgan fingerprint density at radius 1 is 1.20 bits per heavy atom. The normalized spacial score (nSPS) is 23.4.